The summed E-state index contributed by atoms with van der Waals surface area (Å²) in [5, 5.41) is 4.76. The number of carbonyl (C=O) groups excluding carboxylic acids is 1. The van der Waals surface area contributed by atoms with Crippen molar-refractivity contribution in [2.45, 2.75) is 13.3 Å². The fourth-order valence-corrected chi connectivity index (χ4v) is 2.27. The number of thiophene rings is 1. The van der Waals surface area contributed by atoms with Crippen LogP contribution in [0.2, 0.25) is 0 Å². The zero-order valence-corrected chi connectivity index (χ0v) is 10.3. The summed E-state index contributed by atoms with van der Waals surface area (Å²) in [6.07, 6.45) is 5.42. The molecule has 4 nitrogen and oxygen atoms in total. The van der Waals surface area contributed by atoms with Gasteiger partial charge in [-0.1, -0.05) is 13.0 Å². The van der Waals surface area contributed by atoms with E-state index in [9.17, 15) is 4.79 Å². The van der Waals surface area contributed by atoms with Crippen molar-refractivity contribution in [2.75, 3.05) is 5.32 Å². The van der Waals surface area contributed by atoms with Gasteiger partial charge in [-0.05, 0) is 17.9 Å². The minimum Gasteiger partial charge on any atom is -0.309 e. The highest BCUT2D eigenvalue weighted by molar-refractivity contribution is 7.09. The van der Waals surface area contributed by atoms with Crippen LogP contribution in [0, 0.1) is 5.92 Å². The first kappa shape index (κ1) is 11.7. The Labute approximate surface area is 104 Å². The Kier molecular flexibility index (Phi) is 3.82. The fraction of sp³-hybridized carbons (Fsp3) is 0.250. The summed E-state index contributed by atoms with van der Waals surface area (Å²) in [5.41, 5.74) is 0. The van der Waals surface area contributed by atoms with E-state index in [2.05, 4.69) is 15.3 Å². The maximum atomic E-state index is 11.9. The van der Waals surface area contributed by atoms with E-state index in [0.29, 0.717) is 5.82 Å². The summed E-state index contributed by atoms with van der Waals surface area (Å²) in [6.45, 7) is 1.91. The molecule has 0 bridgehead atoms. The number of hydrogen-bond donors (Lipinski definition) is 1. The number of carbonyl (C=O) groups is 1. The molecule has 5 heteroatoms. The second-order valence-corrected chi connectivity index (χ2v) is 4.80. The molecular formula is C12H13N3OS. The van der Waals surface area contributed by atoms with Crippen LogP contribution in [0.1, 0.15) is 11.8 Å². The molecule has 1 unspecified atom stereocenters. The van der Waals surface area contributed by atoms with Crippen LogP contribution in [0.15, 0.2) is 36.1 Å². The number of anilines is 1. The van der Waals surface area contributed by atoms with E-state index < -0.39 is 0 Å². The third-order valence-corrected chi connectivity index (χ3v) is 3.25. The number of rotatable bonds is 4. The summed E-state index contributed by atoms with van der Waals surface area (Å²) in [7, 11) is 0. The summed E-state index contributed by atoms with van der Waals surface area (Å²) in [6, 6.07) is 4.03. The summed E-state index contributed by atoms with van der Waals surface area (Å²) >= 11 is 1.67. The number of nitrogens with zero attached hydrogens (tertiary/aromatic N) is 2. The average molecular weight is 247 g/mol. The van der Waals surface area contributed by atoms with E-state index in [0.717, 1.165) is 6.42 Å². The van der Waals surface area contributed by atoms with Gasteiger partial charge in [-0.15, -0.1) is 11.3 Å². The molecule has 0 aromatic carbocycles. The number of nitrogens with one attached hydrogen (secondary N) is 1. The Hall–Kier alpha value is -1.75. The molecule has 2 aromatic heterocycles. The molecule has 17 heavy (non-hydrogen) atoms. The molecule has 0 radical (unpaired) electrons. The number of hydrogen-bond acceptors (Lipinski definition) is 4. The van der Waals surface area contributed by atoms with Gasteiger partial charge in [-0.3, -0.25) is 9.78 Å². The van der Waals surface area contributed by atoms with E-state index in [1.165, 1.54) is 11.1 Å². The lowest BCUT2D eigenvalue weighted by Gasteiger charge is -2.10. The first-order valence-corrected chi connectivity index (χ1v) is 6.23. The second kappa shape index (κ2) is 5.54. The quantitative estimate of drug-likeness (QED) is 0.902. The van der Waals surface area contributed by atoms with Crippen molar-refractivity contribution in [3.63, 3.8) is 0 Å². The molecule has 0 aliphatic rings. The van der Waals surface area contributed by atoms with Gasteiger partial charge in [0.1, 0.15) is 0 Å². The largest absolute Gasteiger partial charge is 0.309 e. The van der Waals surface area contributed by atoms with E-state index in [-0.39, 0.29) is 11.8 Å². The van der Waals surface area contributed by atoms with Gasteiger partial charge < -0.3 is 5.32 Å². The van der Waals surface area contributed by atoms with Gasteiger partial charge in [0.2, 0.25) is 5.91 Å². The van der Waals surface area contributed by atoms with Crippen LogP contribution in [0.25, 0.3) is 0 Å². The number of aromatic nitrogens is 2. The van der Waals surface area contributed by atoms with Crippen LogP contribution in [-0.2, 0) is 11.2 Å². The van der Waals surface area contributed by atoms with Crippen molar-refractivity contribution in [3.05, 3.63) is 41.0 Å². The smallest absolute Gasteiger partial charge is 0.228 e. The van der Waals surface area contributed by atoms with Crippen LogP contribution in [-0.4, -0.2) is 15.9 Å². The van der Waals surface area contributed by atoms with Crippen molar-refractivity contribution in [2.24, 2.45) is 5.92 Å². The number of amides is 1. The monoisotopic (exact) mass is 247 g/mol. The first-order chi connectivity index (χ1) is 8.25. The standard InChI is InChI=1S/C12H13N3OS/c1-9(7-10-3-2-6-17-10)12(16)15-11-8-13-4-5-14-11/h2-6,8-9H,7H2,1H3,(H,14,15,16). The fourth-order valence-electron chi connectivity index (χ4n) is 1.44. The van der Waals surface area contributed by atoms with Crippen LogP contribution < -0.4 is 5.32 Å². The minimum atomic E-state index is -0.0735. The molecule has 2 heterocycles. The average Bonchev–Trinajstić information content (AvgIpc) is 2.83. The highest BCUT2D eigenvalue weighted by Gasteiger charge is 2.14. The third-order valence-electron chi connectivity index (χ3n) is 2.35. The lowest BCUT2D eigenvalue weighted by molar-refractivity contribution is -0.119. The van der Waals surface area contributed by atoms with Crippen LogP contribution >= 0.6 is 11.3 Å². The Morgan fingerprint density at radius 3 is 3.06 bits per heavy atom. The summed E-state index contributed by atoms with van der Waals surface area (Å²) < 4.78 is 0. The molecular weight excluding hydrogens is 234 g/mol. The van der Waals surface area contributed by atoms with Gasteiger partial charge >= 0.3 is 0 Å². The maximum Gasteiger partial charge on any atom is 0.228 e. The Morgan fingerprint density at radius 1 is 1.53 bits per heavy atom. The van der Waals surface area contributed by atoms with Crippen molar-refractivity contribution < 1.29 is 4.79 Å². The Balaban J connectivity index is 1.92. The van der Waals surface area contributed by atoms with E-state index >= 15 is 0 Å². The van der Waals surface area contributed by atoms with Crippen molar-refractivity contribution in [1.29, 1.82) is 0 Å². The van der Waals surface area contributed by atoms with Crippen LogP contribution in [0.4, 0.5) is 5.82 Å². The predicted molar refractivity (Wildman–Crippen MR) is 67.8 cm³/mol. The molecule has 0 saturated carbocycles. The van der Waals surface area contributed by atoms with E-state index in [1.807, 2.05) is 24.4 Å². The van der Waals surface area contributed by atoms with Crippen LogP contribution in [0.3, 0.4) is 0 Å². The molecule has 88 valence electrons. The van der Waals surface area contributed by atoms with Gasteiger partial charge in [-0.2, -0.15) is 0 Å². The van der Waals surface area contributed by atoms with Gasteiger partial charge in [0.25, 0.3) is 0 Å². The third kappa shape index (κ3) is 3.35. The Morgan fingerprint density at radius 2 is 2.41 bits per heavy atom. The Bertz CT molecular complexity index is 470. The lowest BCUT2D eigenvalue weighted by atomic mass is 10.1. The molecule has 0 saturated heterocycles. The lowest BCUT2D eigenvalue weighted by Crippen LogP contribution is -2.22. The summed E-state index contributed by atoms with van der Waals surface area (Å²) in [5.74, 6) is 0.394. The highest BCUT2D eigenvalue weighted by Crippen LogP contribution is 2.15. The van der Waals surface area contributed by atoms with Crippen molar-refractivity contribution >= 4 is 23.1 Å². The molecule has 0 aliphatic heterocycles. The van der Waals surface area contributed by atoms with E-state index in [4.69, 9.17) is 0 Å². The molecule has 2 aromatic rings. The molecule has 1 amide bonds. The zero-order chi connectivity index (χ0) is 12.1. The first-order valence-electron chi connectivity index (χ1n) is 5.35. The van der Waals surface area contributed by atoms with Crippen molar-refractivity contribution in [1.82, 2.24) is 9.97 Å². The zero-order valence-electron chi connectivity index (χ0n) is 9.46. The SMILES string of the molecule is CC(Cc1cccs1)C(=O)Nc1cnccn1. The normalized spacial score (nSPS) is 12.1. The molecule has 0 aliphatic carbocycles. The maximum absolute atomic E-state index is 11.9. The summed E-state index contributed by atoms with van der Waals surface area (Å²) in [4.78, 5) is 21.0. The molecule has 0 spiro atoms. The predicted octanol–water partition coefficient (Wildman–Crippen LogP) is 2.36. The van der Waals surface area contributed by atoms with Gasteiger partial charge in [0.05, 0.1) is 6.20 Å². The van der Waals surface area contributed by atoms with E-state index in [1.54, 1.807) is 23.7 Å². The molecule has 0 fully saturated rings. The van der Waals surface area contributed by atoms with Crippen LogP contribution in [0.5, 0.6) is 0 Å². The van der Waals surface area contributed by atoms with Gasteiger partial charge in [0, 0.05) is 23.2 Å². The van der Waals surface area contributed by atoms with Gasteiger partial charge in [0.15, 0.2) is 5.82 Å². The second-order valence-electron chi connectivity index (χ2n) is 3.76. The topological polar surface area (TPSA) is 54.9 Å². The van der Waals surface area contributed by atoms with Crippen molar-refractivity contribution in [3.8, 4) is 0 Å². The molecule has 1 N–H and O–H groups in total. The highest BCUT2D eigenvalue weighted by atomic mass is 32.1. The molecule has 1 atom stereocenters. The molecule has 2 rings (SSSR count). The van der Waals surface area contributed by atoms with Gasteiger partial charge in [-0.25, -0.2) is 4.98 Å². The minimum absolute atomic E-state index is 0.0288.